The molecule has 3 rings (SSSR count). The highest BCUT2D eigenvalue weighted by atomic mass is 35.5. The summed E-state index contributed by atoms with van der Waals surface area (Å²) in [5.74, 6) is 1.60. The Labute approximate surface area is 105 Å². The molecule has 1 N–H and O–H groups in total. The molecule has 1 aromatic carbocycles. The lowest BCUT2D eigenvalue weighted by atomic mass is 10.0. The van der Waals surface area contributed by atoms with E-state index in [0.29, 0.717) is 5.02 Å². The van der Waals surface area contributed by atoms with Gasteiger partial charge in [-0.3, -0.25) is 0 Å². The number of nitrogens with one attached hydrogen (secondary N) is 1. The zero-order chi connectivity index (χ0) is 11.7. The van der Waals surface area contributed by atoms with E-state index in [1.54, 1.807) is 0 Å². The fourth-order valence-corrected chi connectivity index (χ4v) is 2.50. The van der Waals surface area contributed by atoms with Crippen LogP contribution in [0.5, 0.6) is 0 Å². The van der Waals surface area contributed by atoms with E-state index in [1.165, 1.54) is 6.42 Å². The van der Waals surface area contributed by atoms with Crippen molar-refractivity contribution in [2.24, 2.45) is 5.92 Å². The van der Waals surface area contributed by atoms with E-state index in [-0.39, 0.29) is 0 Å². The minimum absolute atomic E-state index is 0.695. The summed E-state index contributed by atoms with van der Waals surface area (Å²) in [6.07, 6.45) is 3.33. The Kier molecular flexibility index (Phi) is 3.04. The van der Waals surface area contributed by atoms with Crippen LogP contribution < -0.4 is 5.32 Å². The number of rotatable bonds is 3. The molecule has 0 spiro atoms. The summed E-state index contributed by atoms with van der Waals surface area (Å²) in [4.78, 5) is 4.47. The lowest BCUT2D eigenvalue weighted by molar-refractivity contribution is 0.466. The van der Waals surface area contributed by atoms with Gasteiger partial charge in [0, 0.05) is 17.5 Å². The van der Waals surface area contributed by atoms with E-state index in [0.717, 1.165) is 48.8 Å². The molecule has 17 heavy (non-hydrogen) atoms. The van der Waals surface area contributed by atoms with E-state index in [9.17, 15) is 0 Å². The van der Waals surface area contributed by atoms with E-state index >= 15 is 0 Å². The van der Waals surface area contributed by atoms with E-state index in [4.69, 9.17) is 16.0 Å². The van der Waals surface area contributed by atoms with Crippen LogP contribution in [0.15, 0.2) is 22.6 Å². The maximum absolute atomic E-state index is 5.91. The van der Waals surface area contributed by atoms with Gasteiger partial charge in [0.15, 0.2) is 11.5 Å². The zero-order valence-electron chi connectivity index (χ0n) is 9.58. The van der Waals surface area contributed by atoms with Gasteiger partial charge in [0.1, 0.15) is 5.52 Å². The molecule has 0 saturated carbocycles. The Morgan fingerprint density at radius 1 is 1.47 bits per heavy atom. The number of oxazole rings is 1. The minimum atomic E-state index is 0.695. The Morgan fingerprint density at radius 3 is 3.24 bits per heavy atom. The Balaban J connectivity index is 1.72. The summed E-state index contributed by atoms with van der Waals surface area (Å²) in [5.41, 5.74) is 1.69. The van der Waals surface area contributed by atoms with Gasteiger partial charge < -0.3 is 9.73 Å². The maximum atomic E-state index is 5.91. The molecule has 1 aliphatic rings. The van der Waals surface area contributed by atoms with Gasteiger partial charge in [0.05, 0.1) is 0 Å². The average molecular weight is 251 g/mol. The van der Waals surface area contributed by atoms with Crippen molar-refractivity contribution in [3.63, 3.8) is 0 Å². The van der Waals surface area contributed by atoms with Crippen LogP contribution >= 0.6 is 11.6 Å². The summed E-state index contributed by atoms with van der Waals surface area (Å²) >= 11 is 5.91. The molecule has 0 radical (unpaired) electrons. The standard InChI is InChI=1S/C13H15ClN2O/c14-10-2-3-11-12(7-10)17-13(16-11)4-1-9-5-6-15-8-9/h2-3,7,9,15H,1,4-6,8H2/t9-/m1/s1. The van der Waals surface area contributed by atoms with Gasteiger partial charge in [-0.1, -0.05) is 11.6 Å². The van der Waals surface area contributed by atoms with Gasteiger partial charge in [-0.05, 0) is 44.0 Å². The average Bonchev–Trinajstić information content (AvgIpc) is 2.94. The first kappa shape index (κ1) is 11.1. The summed E-state index contributed by atoms with van der Waals surface area (Å²) in [7, 11) is 0. The molecule has 2 heterocycles. The summed E-state index contributed by atoms with van der Waals surface area (Å²) in [5, 5.41) is 4.07. The van der Waals surface area contributed by atoms with E-state index in [1.807, 2.05) is 18.2 Å². The smallest absolute Gasteiger partial charge is 0.195 e. The number of aryl methyl sites for hydroxylation is 1. The molecule has 1 aromatic heterocycles. The van der Waals surface area contributed by atoms with Crippen molar-refractivity contribution in [1.82, 2.24) is 10.3 Å². The summed E-state index contributed by atoms with van der Waals surface area (Å²) in [6.45, 7) is 2.28. The van der Waals surface area contributed by atoms with E-state index < -0.39 is 0 Å². The van der Waals surface area contributed by atoms with Gasteiger partial charge >= 0.3 is 0 Å². The van der Waals surface area contributed by atoms with Crippen molar-refractivity contribution in [2.45, 2.75) is 19.3 Å². The van der Waals surface area contributed by atoms with Gasteiger partial charge in [0.2, 0.25) is 0 Å². The minimum Gasteiger partial charge on any atom is -0.441 e. The third-order valence-corrected chi connectivity index (χ3v) is 3.56. The highest BCUT2D eigenvalue weighted by molar-refractivity contribution is 6.31. The van der Waals surface area contributed by atoms with Crippen LogP contribution in [0.1, 0.15) is 18.7 Å². The highest BCUT2D eigenvalue weighted by Gasteiger charge is 2.15. The molecule has 3 nitrogen and oxygen atoms in total. The third kappa shape index (κ3) is 2.45. The van der Waals surface area contributed by atoms with Crippen LogP contribution in [0.4, 0.5) is 0 Å². The lowest BCUT2D eigenvalue weighted by Crippen LogP contribution is -2.09. The fraction of sp³-hybridized carbons (Fsp3) is 0.462. The second kappa shape index (κ2) is 4.67. The maximum Gasteiger partial charge on any atom is 0.195 e. The van der Waals surface area contributed by atoms with Crippen LogP contribution in [-0.4, -0.2) is 18.1 Å². The first-order valence-electron chi connectivity index (χ1n) is 6.07. The molecule has 1 aliphatic heterocycles. The first-order valence-corrected chi connectivity index (χ1v) is 6.45. The number of aromatic nitrogens is 1. The molecule has 2 aromatic rings. The van der Waals surface area contributed by atoms with Crippen molar-refractivity contribution in [2.75, 3.05) is 13.1 Å². The number of hydrogen-bond donors (Lipinski definition) is 1. The highest BCUT2D eigenvalue weighted by Crippen LogP contribution is 2.22. The Hall–Kier alpha value is -1.06. The number of nitrogens with zero attached hydrogens (tertiary/aromatic N) is 1. The molecule has 1 fully saturated rings. The summed E-state index contributed by atoms with van der Waals surface area (Å²) in [6, 6.07) is 5.57. The quantitative estimate of drug-likeness (QED) is 0.910. The van der Waals surface area contributed by atoms with Crippen molar-refractivity contribution in [1.29, 1.82) is 0 Å². The Morgan fingerprint density at radius 2 is 2.41 bits per heavy atom. The zero-order valence-corrected chi connectivity index (χ0v) is 10.3. The molecule has 1 saturated heterocycles. The normalized spacial score (nSPS) is 20.2. The second-order valence-electron chi connectivity index (χ2n) is 4.62. The largest absolute Gasteiger partial charge is 0.441 e. The second-order valence-corrected chi connectivity index (χ2v) is 5.05. The molecule has 0 amide bonds. The predicted molar refractivity (Wildman–Crippen MR) is 68.3 cm³/mol. The molecule has 0 aliphatic carbocycles. The monoisotopic (exact) mass is 250 g/mol. The van der Waals surface area contributed by atoms with Crippen molar-refractivity contribution in [3.8, 4) is 0 Å². The van der Waals surface area contributed by atoms with Crippen LogP contribution in [-0.2, 0) is 6.42 Å². The third-order valence-electron chi connectivity index (χ3n) is 3.32. The van der Waals surface area contributed by atoms with Crippen LogP contribution in [0, 0.1) is 5.92 Å². The van der Waals surface area contributed by atoms with Crippen LogP contribution in [0.3, 0.4) is 0 Å². The van der Waals surface area contributed by atoms with Crippen LogP contribution in [0.2, 0.25) is 5.02 Å². The van der Waals surface area contributed by atoms with Crippen LogP contribution in [0.25, 0.3) is 11.1 Å². The number of halogens is 1. The molecule has 0 bridgehead atoms. The lowest BCUT2D eigenvalue weighted by Gasteiger charge is -2.04. The number of hydrogen-bond acceptors (Lipinski definition) is 3. The summed E-state index contributed by atoms with van der Waals surface area (Å²) < 4.78 is 5.69. The molecule has 90 valence electrons. The van der Waals surface area contributed by atoms with Gasteiger partial charge in [0.25, 0.3) is 0 Å². The molecular weight excluding hydrogens is 236 g/mol. The Bertz CT molecular complexity index is 517. The predicted octanol–water partition coefficient (Wildman–Crippen LogP) is 3.02. The van der Waals surface area contributed by atoms with Crippen molar-refractivity contribution < 1.29 is 4.42 Å². The van der Waals surface area contributed by atoms with Crippen molar-refractivity contribution in [3.05, 3.63) is 29.1 Å². The molecule has 1 atom stereocenters. The SMILES string of the molecule is Clc1ccc2nc(CC[C@@H]3CCNC3)oc2c1. The first-order chi connectivity index (χ1) is 8.31. The van der Waals surface area contributed by atoms with E-state index in [2.05, 4.69) is 10.3 Å². The number of benzene rings is 1. The topological polar surface area (TPSA) is 38.1 Å². The molecule has 0 unspecified atom stereocenters. The van der Waals surface area contributed by atoms with Gasteiger partial charge in [-0.25, -0.2) is 4.98 Å². The van der Waals surface area contributed by atoms with Crippen molar-refractivity contribution >= 4 is 22.7 Å². The molecular formula is C13H15ClN2O. The van der Waals surface area contributed by atoms with Gasteiger partial charge in [-0.15, -0.1) is 0 Å². The fourth-order valence-electron chi connectivity index (χ4n) is 2.34. The number of fused-ring (bicyclic) bond motifs is 1. The van der Waals surface area contributed by atoms with Gasteiger partial charge in [-0.2, -0.15) is 0 Å². The molecule has 4 heteroatoms.